The van der Waals surface area contributed by atoms with E-state index in [-0.39, 0.29) is 18.3 Å². The van der Waals surface area contributed by atoms with Gasteiger partial charge in [0.25, 0.3) is 0 Å². The minimum absolute atomic E-state index is 0.0509. The quantitative estimate of drug-likeness (QED) is 0.848. The summed E-state index contributed by atoms with van der Waals surface area (Å²) in [6.45, 7) is 0.394. The number of ether oxygens (including phenoxy) is 1. The van der Waals surface area contributed by atoms with E-state index in [4.69, 9.17) is 5.73 Å². The summed E-state index contributed by atoms with van der Waals surface area (Å²) in [7, 11) is 1.37. The number of carbonyl (C=O) groups excluding carboxylic acids is 1. The van der Waals surface area contributed by atoms with Crippen LogP contribution in [0, 0.1) is 0 Å². The van der Waals surface area contributed by atoms with E-state index in [2.05, 4.69) is 25.7 Å². The van der Waals surface area contributed by atoms with Crippen molar-refractivity contribution in [2.75, 3.05) is 13.7 Å². The van der Waals surface area contributed by atoms with Crippen molar-refractivity contribution in [1.29, 1.82) is 0 Å². The number of nitrogens with zero attached hydrogens (tertiary/aromatic N) is 1. The number of aromatic nitrogens is 1. The molecule has 0 spiro atoms. The van der Waals surface area contributed by atoms with Crippen molar-refractivity contribution in [1.82, 2.24) is 4.98 Å². The molecule has 6 heteroatoms. The molecule has 0 saturated carbocycles. The maximum atomic E-state index is 11.0. The molecule has 0 aliphatic carbocycles. The van der Waals surface area contributed by atoms with Crippen molar-refractivity contribution in [2.24, 2.45) is 5.73 Å². The van der Waals surface area contributed by atoms with Crippen LogP contribution in [0.1, 0.15) is 18.0 Å². The van der Waals surface area contributed by atoms with Crippen molar-refractivity contribution in [3.05, 3.63) is 15.0 Å². The van der Waals surface area contributed by atoms with E-state index in [0.717, 1.165) is 9.61 Å². The summed E-state index contributed by atoms with van der Waals surface area (Å²) in [4.78, 5) is 15.3. The summed E-state index contributed by atoms with van der Waals surface area (Å²) in [5.41, 5.74) is 6.40. The Balaban J connectivity index is 2.67. The van der Waals surface area contributed by atoms with Gasteiger partial charge >= 0.3 is 5.97 Å². The normalized spacial score (nSPS) is 12.5. The number of nitrogens with two attached hydrogens (primary N) is 1. The predicted octanol–water partition coefficient (Wildman–Crippen LogP) is 1.51. The molecule has 1 heterocycles. The molecule has 1 unspecified atom stereocenters. The minimum atomic E-state index is -0.260. The molecule has 0 saturated heterocycles. The van der Waals surface area contributed by atoms with E-state index >= 15 is 0 Å². The van der Waals surface area contributed by atoms with Crippen LogP contribution in [0.5, 0.6) is 0 Å². The summed E-state index contributed by atoms with van der Waals surface area (Å²) in [6, 6.07) is 0. The summed E-state index contributed by atoms with van der Waals surface area (Å²) in [5.74, 6) is -0.311. The van der Waals surface area contributed by atoms with Crippen LogP contribution in [0.4, 0.5) is 0 Å². The topological polar surface area (TPSA) is 65.2 Å². The van der Waals surface area contributed by atoms with Gasteiger partial charge in [0.2, 0.25) is 0 Å². The third kappa shape index (κ3) is 3.04. The van der Waals surface area contributed by atoms with Gasteiger partial charge in [-0.3, -0.25) is 4.79 Å². The lowest BCUT2D eigenvalue weighted by Crippen LogP contribution is -2.17. The molecule has 78 valence electrons. The van der Waals surface area contributed by atoms with Gasteiger partial charge in [-0.05, 0) is 15.9 Å². The van der Waals surface area contributed by atoms with Crippen LogP contribution in [0.3, 0.4) is 0 Å². The van der Waals surface area contributed by atoms with Gasteiger partial charge in [-0.15, -0.1) is 11.3 Å². The first kappa shape index (κ1) is 11.6. The van der Waals surface area contributed by atoms with Gasteiger partial charge in [0.15, 0.2) is 3.92 Å². The van der Waals surface area contributed by atoms with E-state index in [1.54, 1.807) is 0 Å². The van der Waals surface area contributed by atoms with Crippen molar-refractivity contribution in [3.63, 3.8) is 0 Å². The second-order valence-corrected chi connectivity index (χ2v) is 4.87. The number of carbonyl (C=O) groups is 1. The lowest BCUT2D eigenvalue weighted by atomic mass is 10.0. The van der Waals surface area contributed by atoms with Gasteiger partial charge in [-0.2, -0.15) is 0 Å². The zero-order chi connectivity index (χ0) is 10.6. The SMILES string of the molecule is COC(=O)CC(CN)c1csc(Br)n1. The molecule has 1 rings (SSSR count). The third-order valence-electron chi connectivity index (χ3n) is 1.84. The summed E-state index contributed by atoms with van der Waals surface area (Å²) >= 11 is 4.74. The van der Waals surface area contributed by atoms with Crippen LogP contribution in [0.2, 0.25) is 0 Å². The van der Waals surface area contributed by atoms with Gasteiger partial charge in [-0.1, -0.05) is 0 Å². The van der Waals surface area contributed by atoms with E-state index < -0.39 is 0 Å². The second-order valence-electron chi connectivity index (χ2n) is 2.74. The first-order valence-corrected chi connectivity index (χ1v) is 5.72. The highest BCUT2D eigenvalue weighted by Crippen LogP contribution is 2.24. The number of halogens is 1. The molecule has 0 aromatic carbocycles. The van der Waals surface area contributed by atoms with Crippen molar-refractivity contribution >= 4 is 33.2 Å². The third-order valence-corrected chi connectivity index (χ3v) is 3.22. The number of rotatable bonds is 4. The number of esters is 1. The maximum absolute atomic E-state index is 11.0. The zero-order valence-electron chi connectivity index (χ0n) is 7.70. The molecule has 1 aromatic rings. The fraction of sp³-hybridized carbons (Fsp3) is 0.500. The average Bonchev–Trinajstić information content (AvgIpc) is 2.60. The van der Waals surface area contributed by atoms with Crippen LogP contribution in [0.25, 0.3) is 0 Å². The molecule has 0 aliphatic heterocycles. The second kappa shape index (κ2) is 5.43. The van der Waals surface area contributed by atoms with E-state index in [1.165, 1.54) is 18.4 Å². The highest BCUT2D eigenvalue weighted by atomic mass is 79.9. The number of thiazole rings is 1. The molecule has 4 nitrogen and oxygen atoms in total. The van der Waals surface area contributed by atoms with Crippen LogP contribution in [-0.2, 0) is 9.53 Å². The number of hydrogen-bond acceptors (Lipinski definition) is 5. The first-order valence-electron chi connectivity index (χ1n) is 4.05. The van der Waals surface area contributed by atoms with Crippen LogP contribution >= 0.6 is 27.3 Å². The van der Waals surface area contributed by atoms with Crippen molar-refractivity contribution in [3.8, 4) is 0 Å². The standard InChI is InChI=1S/C8H11BrN2O2S/c1-13-7(12)2-5(3-10)6-4-14-8(9)11-6/h4-5H,2-3,10H2,1H3. The monoisotopic (exact) mass is 278 g/mol. The molecule has 0 aliphatic rings. The Labute approximate surface area is 94.6 Å². The minimum Gasteiger partial charge on any atom is -0.469 e. The molecule has 0 amide bonds. The fourth-order valence-corrected chi connectivity index (χ4v) is 2.15. The zero-order valence-corrected chi connectivity index (χ0v) is 10.1. The highest BCUT2D eigenvalue weighted by Gasteiger charge is 2.17. The lowest BCUT2D eigenvalue weighted by Gasteiger charge is -2.09. The van der Waals surface area contributed by atoms with Crippen molar-refractivity contribution in [2.45, 2.75) is 12.3 Å². The van der Waals surface area contributed by atoms with Gasteiger partial charge in [0, 0.05) is 17.8 Å². The molecule has 0 radical (unpaired) electrons. The Kier molecular flexibility index (Phi) is 4.50. The first-order chi connectivity index (χ1) is 6.67. The molecule has 0 bridgehead atoms. The molecular weight excluding hydrogens is 268 g/mol. The molecule has 1 aromatic heterocycles. The van der Waals surface area contributed by atoms with Crippen molar-refractivity contribution < 1.29 is 9.53 Å². The maximum Gasteiger partial charge on any atom is 0.306 e. The molecule has 0 fully saturated rings. The molecular formula is C8H11BrN2O2S. The van der Waals surface area contributed by atoms with Crippen LogP contribution in [-0.4, -0.2) is 24.6 Å². The van der Waals surface area contributed by atoms with E-state index in [1.807, 2.05) is 5.38 Å². The average molecular weight is 279 g/mol. The number of hydrogen-bond donors (Lipinski definition) is 1. The Morgan fingerprint density at radius 1 is 1.86 bits per heavy atom. The van der Waals surface area contributed by atoms with Gasteiger partial charge in [0.1, 0.15) is 0 Å². The Morgan fingerprint density at radius 2 is 2.57 bits per heavy atom. The largest absolute Gasteiger partial charge is 0.469 e. The van der Waals surface area contributed by atoms with E-state index in [9.17, 15) is 4.79 Å². The molecule has 14 heavy (non-hydrogen) atoms. The van der Waals surface area contributed by atoms with Gasteiger partial charge in [0.05, 0.1) is 19.2 Å². The Morgan fingerprint density at radius 3 is 3.00 bits per heavy atom. The Hall–Kier alpha value is -0.460. The van der Waals surface area contributed by atoms with Crippen LogP contribution < -0.4 is 5.73 Å². The molecule has 2 N–H and O–H groups in total. The highest BCUT2D eigenvalue weighted by molar-refractivity contribution is 9.11. The smallest absolute Gasteiger partial charge is 0.306 e. The van der Waals surface area contributed by atoms with E-state index in [0.29, 0.717) is 6.54 Å². The predicted molar refractivity (Wildman–Crippen MR) is 58.2 cm³/mol. The Bertz CT molecular complexity index is 316. The van der Waals surface area contributed by atoms with Gasteiger partial charge < -0.3 is 10.5 Å². The molecule has 1 atom stereocenters. The summed E-state index contributed by atoms with van der Waals surface area (Å²) in [6.07, 6.45) is 0.281. The fourth-order valence-electron chi connectivity index (χ4n) is 1.04. The lowest BCUT2D eigenvalue weighted by molar-refractivity contribution is -0.141. The number of methoxy groups -OCH3 is 1. The summed E-state index contributed by atoms with van der Waals surface area (Å²) < 4.78 is 5.38. The summed E-state index contributed by atoms with van der Waals surface area (Å²) in [5, 5.41) is 1.89. The van der Waals surface area contributed by atoms with Crippen LogP contribution in [0.15, 0.2) is 9.30 Å². The van der Waals surface area contributed by atoms with Gasteiger partial charge in [-0.25, -0.2) is 4.98 Å².